The fourth-order valence-corrected chi connectivity index (χ4v) is 5.09. The van der Waals surface area contributed by atoms with Gasteiger partial charge in [-0.25, -0.2) is 9.97 Å². The van der Waals surface area contributed by atoms with E-state index in [0.717, 1.165) is 28.2 Å². The number of nitrogens with zero attached hydrogens (tertiary/aromatic N) is 4. The molecule has 1 aliphatic heterocycles. The molecule has 1 fully saturated rings. The van der Waals surface area contributed by atoms with Crippen molar-refractivity contribution in [1.29, 1.82) is 0 Å². The van der Waals surface area contributed by atoms with E-state index in [-0.39, 0.29) is 11.3 Å². The summed E-state index contributed by atoms with van der Waals surface area (Å²) in [7, 11) is 0. The summed E-state index contributed by atoms with van der Waals surface area (Å²) >= 11 is 6.10. The summed E-state index contributed by atoms with van der Waals surface area (Å²) in [5.41, 5.74) is 4.67. The summed E-state index contributed by atoms with van der Waals surface area (Å²) in [4.78, 5) is 27.4. The van der Waals surface area contributed by atoms with Crippen LogP contribution in [0, 0.1) is 6.92 Å². The summed E-state index contributed by atoms with van der Waals surface area (Å²) in [6.45, 7) is 14.6. The van der Waals surface area contributed by atoms with Gasteiger partial charge in [-0.2, -0.15) is 0 Å². The molecule has 1 amide bonds. The monoisotopic (exact) mass is 516 g/mol. The highest BCUT2D eigenvalue weighted by Gasteiger charge is 2.39. The van der Waals surface area contributed by atoms with Crippen LogP contribution in [-0.2, 0) is 5.41 Å². The highest BCUT2D eigenvalue weighted by molar-refractivity contribution is 6.30. The van der Waals surface area contributed by atoms with E-state index in [9.17, 15) is 4.79 Å². The van der Waals surface area contributed by atoms with Crippen molar-refractivity contribution >= 4 is 34.4 Å². The zero-order valence-corrected chi connectivity index (χ0v) is 23.1. The predicted octanol–water partition coefficient (Wildman–Crippen LogP) is 6.89. The van der Waals surface area contributed by atoms with Crippen molar-refractivity contribution in [2.45, 2.75) is 52.5 Å². The maximum Gasteiger partial charge on any atom is 0.290 e. The minimum absolute atomic E-state index is 0.118. The lowest BCUT2D eigenvalue weighted by atomic mass is 9.86. The van der Waals surface area contributed by atoms with Crippen LogP contribution < -0.4 is 4.90 Å². The van der Waals surface area contributed by atoms with Gasteiger partial charge in [-0.15, -0.1) is 0 Å². The van der Waals surface area contributed by atoms with Crippen LogP contribution in [0.15, 0.2) is 59.1 Å². The third kappa shape index (κ3) is 4.95. The van der Waals surface area contributed by atoms with Gasteiger partial charge >= 0.3 is 0 Å². The van der Waals surface area contributed by atoms with Crippen LogP contribution in [0.2, 0.25) is 5.02 Å². The fourth-order valence-electron chi connectivity index (χ4n) is 4.96. The molecule has 3 aromatic heterocycles. The second-order valence-electron chi connectivity index (χ2n) is 11.5. The van der Waals surface area contributed by atoms with Crippen LogP contribution in [0.3, 0.4) is 0 Å². The second-order valence-corrected chi connectivity index (χ2v) is 12.0. The molecular weight excluding hydrogens is 484 g/mol. The normalized spacial score (nSPS) is 15.9. The molecule has 0 radical (unpaired) electrons. The summed E-state index contributed by atoms with van der Waals surface area (Å²) in [5.74, 6) is 1.13. The molecule has 1 aromatic carbocycles. The largest absolute Gasteiger partial charge is 0.449 e. The number of halogens is 1. The minimum atomic E-state index is -0.407. The molecule has 1 aliphatic rings. The van der Waals surface area contributed by atoms with Crippen LogP contribution >= 0.6 is 11.6 Å². The number of aryl methyl sites for hydroxylation is 1. The number of fused-ring (bicyclic) bond motifs is 1. The molecule has 0 N–H and O–H groups in total. The topological polar surface area (TPSA) is 62.5 Å². The Balaban J connectivity index is 1.48. The summed E-state index contributed by atoms with van der Waals surface area (Å²) in [6.07, 6.45) is 1.88. The lowest BCUT2D eigenvalue weighted by Gasteiger charge is -2.47. The van der Waals surface area contributed by atoms with Crippen LogP contribution in [0.4, 0.5) is 5.82 Å². The van der Waals surface area contributed by atoms with Crippen molar-refractivity contribution in [2.75, 3.05) is 24.5 Å². The number of hydrogen-bond donors (Lipinski definition) is 0. The summed E-state index contributed by atoms with van der Waals surface area (Å²) < 4.78 is 6.27. The molecule has 37 heavy (non-hydrogen) atoms. The Labute approximate surface area is 223 Å². The van der Waals surface area contributed by atoms with E-state index in [1.54, 1.807) is 6.07 Å². The smallest absolute Gasteiger partial charge is 0.290 e. The number of amides is 1. The zero-order valence-electron chi connectivity index (χ0n) is 22.3. The van der Waals surface area contributed by atoms with Gasteiger partial charge in [0.1, 0.15) is 11.3 Å². The standard InChI is InChI=1S/C30H33ClN4O2/c1-19-7-12-26(32-17-19)34-13-14-35(30(5,6)18-34)28(36)25-16-24-27(37-25)22(29(2,3)4)15-23(33-24)20-8-10-21(31)11-9-20/h7-12,15-17H,13-14,18H2,1-6H3. The Bertz CT molecular complexity index is 1450. The van der Waals surface area contributed by atoms with Crippen LogP contribution in [0.1, 0.15) is 56.3 Å². The Morgan fingerprint density at radius 3 is 2.41 bits per heavy atom. The third-order valence-corrected chi connectivity index (χ3v) is 7.26. The number of rotatable bonds is 3. The first kappa shape index (κ1) is 25.3. The average molecular weight is 517 g/mol. The van der Waals surface area contributed by atoms with Gasteiger partial charge in [0, 0.05) is 48.0 Å². The lowest BCUT2D eigenvalue weighted by molar-refractivity contribution is 0.0483. The van der Waals surface area contributed by atoms with Gasteiger partial charge in [0.15, 0.2) is 11.3 Å². The van der Waals surface area contributed by atoms with Gasteiger partial charge in [0.05, 0.1) is 11.2 Å². The number of aromatic nitrogens is 2. The van der Waals surface area contributed by atoms with Crippen molar-refractivity contribution in [1.82, 2.24) is 14.9 Å². The first-order chi connectivity index (χ1) is 17.4. The van der Waals surface area contributed by atoms with Gasteiger partial charge in [-0.05, 0) is 56.0 Å². The first-order valence-corrected chi connectivity index (χ1v) is 13.0. The molecule has 0 unspecified atom stereocenters. The van der Waals surface area contributed by atoms with E-state index in [1.807, 2.05) is 48.4 Å². The Morgan fingerprint density at radius 2 is 1.78 bits per heavy atom. The van der Waals surface area contributed by atoms with Crippen molar-refractivity contribution in [3.05, 3.63) is 76.6 Å². The second kappa shape index (κ2) is 9.18. The van der Waals surface area contributed by atoms with E-state index in [1.165, 1.54) is 0 Å². The quantitative estimate of drug-likeness (QED) is 0.296. The number of benzene rings is 1. The maximum absolute atomic E-state index is 13.8. The first-order valence-electron chi connectivity index (χ1n) is 12.6. The lowest BCUT2D eigenvalue weighted by Crippen LogP contribution is -2.61. The molecule has 4 heterocycles. The van der Waals surface area contributed by atoms with E-state index in [0.29, 0.717) is 41.5 Å². The maximum atomic E-state index is 13.8. The molecular formula is C30H33ClN4O2. The molecule has 192 valence electrons. The van der Waals surface area contributed by atoms with Crippen molar-refractivity contribution < 1.29 is 9.21 Å². The Kier molecular flexibility index (Phi) is 6.27. The molecule has 0 aliphatic carbocycles. The highest BCUT2D eigenvalue weighted by atomic mass is 35.5. The molecule has 1 saturated heterocycles. The minimum Gasteiger partial charge on any atom is -0.449 e. The number of piperazine rings is 1. The van der Waals surface area contributed by atoms with Crippen molar-refractivity contribution in [3.63, 3.8) is 0 Å². The number of pyridine rings is 2. The van der Waals surface area contributed by atoms with Crippen molar-refractivity contribution in [3.8, 4) is 11.3 Å². The predicted molar refractivity (Wildman–Crippen MR) is 149 cm³/mol. The van der Waals surface area contributed by atoms with Crippen LogP contribution in [-0.4, -0.2) is 45.9 Å². The van der Waals surface area contributed by atoms with Gasteiger partial charge in [-0.1, -0.05) is 50.6 Å². The highest BCUT2D eigenvalue weighted by Crippen LogP contribution is 2.36. The molecule has 5 rings (SSSR count). The van der Waals surface area contributed by atoms with E-state index in [4.69, 9.17) is 21.0 Å². The summed E-state index contributed by atoms with van der Waals surface area (Å²) in [6, 6.07) is 15.6. The number of anilines is 1. The van der Waals surface area contributed by atoms with Gasteiger partial charge < -0.3 is 14.2 Å². The molecule has 6 nitrogen and oxygen atoms in total. The molecule has 0 spiro atoms. The number of hydrogen-bond acceptors (Lipinski definition) is 5. The third-order valence-electron chi connectivity index (χ3n) is 7.00. The summed E-state index contributed by atoms with van der Waals surface area (Å²) in [5, 5.41) is 0.679. The Morgan fingerprint density at radius 1 is 1.05 bits per heavy atom. The number of carbonyl (C=O) groups is 1. The van der Waals surface area contributed by atoms with E-state index >= 15 is 0 Å². The van der Waals surface area contributed by atoms with Crippen molar-refractivity contribution in [2.24, 2.45) is 0 Å². The molecule has 7 heteroatoms. The Hall–Kier alpha value is -3.38. The van der Waals surface area contributed by atoms with Gasteiger partial charge in [0.25, 0.3) is 5.91 Å². The molecule has 4 aromatic rings. The average Bonchev–Trinajstić information content (AvgIpc) is 3.27. The number of furan rings is 1. The van der Waals surface area contributed by atoms with E-state index < -0.39 is 5.54 Å². The van der Waals surface area contributed by atoms with E-state index in [2.05, 4.69) is 56.6 Å². The molecule has 0 saturated carbocycles. The van der Waals surface area contributed by atoms with Crippen LogP contribution in [0.25, 0.3) is 22.4 Å². The zero-order chi connectivity index (χ0) is 26.5. The molecule has 0 bridgehead atoms. The molecule has 0 atom stereocenters. The van der Waals surface area contributed by atoms with Gasteiger partial charge in [-0.3, -0.25) is 4.79 Å². The number of carbonyl (C=O) groups excluding carboxylic acids is 1. The van der Waals surface area contributed by atoms with Gasteiger partial charge in [0.2, 0.25) is 0 Å². The van der Waals surface area contributed by atoms with Crippen LogP contribution in [0.5, 0.6) is 0 Å². The fraction of sp³-hybridized carbons (Fsp3) is 0.367. The SMILES string of the molecule is Cc1ccc(N2CCN(C(=O)c3cc4nc(-c5ccc(Cl)cc5)cc(C(C)(C)C)c4o3)C(C)(C)C2)nc1.